The molecule has 3 nitrogen and oxygen atoms in total. The molecule has 1 unspecified atom stereocenters. The maximum Gasteiger partial charge on any atom is 0.233 e. The third-order valence-corrected chi connectivity index (χ3v) is 2.42. The zero-order valence-electron chi connectivity index (χ0n) is 9.40. The molecule has 0 spiro atoms. The lowest BCUT2D eigenvalue weighted by molar-refractivity contribution is -0.120. The maximum absolute atomic E-state index is 11.1. The third-order valence-electron chi connectivity index (χ3n) is 2.42. The molecule has 13 heavy (non-hydrogen) atoms. The molecule has 0 fully saturated rings. The fraction of sp³-hybridized carbons (Fsp3) is 0.900. The highest BCUT2D eigenvalue weighted by molar-refractivity contribution is 5.77. The van der Waals surface area contributed by atoms with Crippen LogP contribution >= 0.6 is 0 Å². The molecule has 3 heteroatoms. The van der Waals surface area contributed by atoms with Crippen LogP contribution in [-0.2, 0) is 4.79 Å². The monoisotopic (exact) mass is 186 g/mol. The Labute approximate surface area is 81.3 Å². The number of likely N-dealkylation sites (N-methyl/N-ethyl adjacent to an activating group) is 1. The van der Waals surface area contributed by atoms with Crippen molar-refractivity contribution in [2.75, 3.05) is 20.1 Å². The largest absolute Gasteiger partial charge is 0.355 e. The predicted molar refractivity (Wildman–Crippen MR) is 55.6 cm³/mol. The average molecular weight is 186 g/mol. The van der Waals surface area contributed by atoms with Gasteiger partial charge in [0.2, 0.25) is 5.91 Å². The number of rotatable bonds is 4. The molecule has 0 aliphatic heterocycles. The number of amides is 1. The molecule has 0 bridgehead atoms. The summed E-state index contributed by atoms with van der Waals surface area (Å²) in [4.78, 5) is 11.1. The highest BCUT2D eigenvalue weighted by Crippen LogP contribution is 2.24. The quantitative estimate of drug-likeness (QED) is 0.688. The number of nitrogens with one attached hydrogen (secondary N) is 2. The summed E-state index contributed by atoms with van der Waals surface area (Å²) in [6.45, 7) is 9.85. The molecule has 0 heterocycles. The molecule has 0 rings (SSSR count). The van der Waals surface area contributed by atoms with Crippen molar-refractivity contribution in [1.82, 2.24) is 10.6 Å². The minimum atomic E-state index is 0.0681. The standard InChI is InChI=1S/C10H22N2O/c1-8(10(2,3)4)6-12-9(13)7-11-5/h8,11H,6-7H2,1-5H3,(H,12,13). The third kappa shape index (κ3) is 5.64. The Hall–Kier alpha value is -0.570. The first-order chi connectivity index (χ1) is 5.88. The van der Waals surface area contributed by atoms with E-state index in [0.29, 0.717) is 12.5 Å². The normalized spacial score (nSPS) is 13.9. The van der Waals surface area contributed by atoms with E-state index in [9.17, 15) is 4.79 Å². The fourth-order valence-corrected chi connectivity index (χ4v) is 0.796. The second kappa shape index (κ2) is 5.22. The average Bonchev–Trinajstić information content (AvgIpc) is 1.99. The molecule has 0 saturated carbocycles. The van der Waals surface area contributed by atoms with Gasteiger partial charge in [-0.3, -0.25) is 4.79 Å². The van der Waals surface area contributed by atoms with E-state index in [2.05, 4.69) is 38.3 Å². The van der Waals surface area contributed by atoms with Crippen molar-refractivity contribution in [1.29, 1.82) is 0 Å². The van der Waals surface area contributed by atoms with Crippen LogP contribution in [0.4, 0.5) is 0 Å². The smallest absolute Gasteiger partial charge is 0.233 e. The molecule has 1 atom stereocenters. The molecular formula is C10H22N2O. The van der Waals surface area contributed by atoms with Gasteiger partial charge in [-0.1, -0.05) is 27.7 Å². The van der Waals surface area contributed by atoms with Crippen molar-refractivity contribution < 1.29 is 4.79 Å². The lowest BCUT2D eigenvalue weighted by Crippen LogP contribution is -2.37. The Balaban J connectivity index is 3.70. The molecular weight excluding hydrogens is 164 g/mol. The van der Waals surface area contributed by atoms with Gasteiger partial charge in [0.25, 0.3) is 0 Å². The number of carbonyl (C=O) groups excluding carboxylic acids is 1. The summed E-state index contributed by atoms with van der Waals surface area (Å²) in [6.07, 6.45) is 0. The Kier molecular flexibility index (Phi) is 4.99. The number of hydrogen-bond donors (Lipinski definition) is 2. The van der Waals surface area contributed by atoms with Gasteiger partial charge in [0.05, 0.1) is 6.54 Å². The summed E-state index contributed by atoms with van der Waals surface area (Å²) < 4.78 is 0. The van der Waals surface area contributed by atoms with Crippen molar-refractivity contribution in [2.24, 2.45) is 11.3 Å². The van der Waals surface area contributed by atoms with E-state index in [1.165, 1.54) is 0 Å². The zero-order chi connectivity index (χ0) is 10.5. The summed E-state index contributed by atoms with van der Waals surface area (Å²) in [5.41, 5.74) is 0.257. The molecule has 1 amide bonds. The first-order valence-electron chi connectivity index (χ1n) is 4.79. The second-order valence-electron chi connectivity index (χ2n) is 4.60. The van der Waals surface area contributed by atoms with Crippen molar-refractivity contribution in [3.05, 3.63) is 0 Å². The lowest BCUT2D eigenvalue weighted by atomic mass is 9.82. The van der Waals surface area contributed by atoms with Crippen LogP contribution in [0, 0.1) is 11.3 Å². The van der Waals surface area contributed by atoms with Gasteiger partial charge < -0.3 is 10.6 Å². The number of carbonyl (C=O) groups is 1. The van der Waals surface area contributed by atoms with Crippen LogP contribution in [-0.4, -0.2) is 26.0 Å². The summed E-state index contributed by atoms with van der Waals surface area (Å²) in [5.74, 6) is 0.562. The number of hydrogen-bond acceptors (Lipinski definition) is 2. The molecule has 0 saturated heterocycles. The second-order valence-corrected chi connectivity index (χ2v) is 4.60. The van der Waals surface area contributed by atoms with Crippen LogP contribution < -0.4 is 10.6 Å². The molecule has 0 radical (unpaired) electrons. The van der Waals surface area contributed by atoms with Crippen molar-refractivity contribution in [2.45, 2.75) is 27.7 Å². The van der Waals surface area contributed by atoms with Gasteiger partial charge in [0.15, 0.2) is 0 Å². The van der Waals surface area contributed by atoms with E-state index < -0.39 is 0 Å². The molecule has 0 aromatic carbocycles. The van der Waals surface area contributed by atoms with Gasteiger partial charge in [0, 0.05) is 6.54 Å². The highest BCUT2D eigenvalue weighted by atomic mass is 16.1. The minimum absolute atomic E-state index is 0.0681. The van der Waals surface area contributed by atoms with E-state index in [-0.39, 0.29) is 11.3 Å². The first-order valence-corrected chi connectivity index (χ1v) is 4.79. The van der Waals surface area contributed by atoms with Crippen LogP contribution in [0.2, 0.25) is 0 Å². The van der Waals surface area contributed by atoms with Gasteiger partial charge in [-0.05, 0) is 18.4 Å². The molecule has 0 aromatic heterocycles. The highest BCUT2D eigenvalue weighted by Gasteiger charge is 2.19. The minimum Gasteiger partial charge on any atom is -0.355 e. The van der Waals surface area contributed by atoms with Crippen LogP contribution in [0.25, 0.3) is 0 Å². The predicted octanol–water partition coefficient (Wildman–Crippen LogP) is 1.00. The van der Waals surface area contributed by atoms with Crippen LogP contribution in [0.3, 0.4) is 0 Å². The molecule has 0 aliphatic carbocycles. The molecule has 78 valence electrons. The van der Waals surface area contributed by atoms with Gasteiger partial charge >= 0.3 is 0 Å². The van der Waals surface area contributed by atoms with E-state index in [0.717, 1.165) is 6.54 Å². The van der Waals surface area contributed by atoms with E-state index in [1.807, 2.05) is 0 Å². The lowest BCUT2D eigenvalue weighted by Gasteiger charge is -2.27. The molecule has 0 aliphatic rings. The summed E-state index contributed by atoms with van der Waals surface area (Å²) in [6, 6.07) is 0. The summed E-state index contributed by atoms with van der Waals surface area (Å²) in [7, 11) is 1.77. The Morgan fingerprint density at radius 1 is 1.38 bits per heavy atom. The molecule has 2 N–H and O–H groups in total. The van der Waals surface area contributed by atoms with E-state index in [1.54, 1.807) is 7.05 Å². The van der Waals surface area contributed by atoms with Crippen molar-refractivity contribution in [3.8, 4) is 0 Å². The van der Waals surface area contributed by atoms with Crippen molar-refractivity contribution in [3.63, 3.8) is 0 Å². The van der Waals surface area contributed by atoms with E-state index in [4.69, 9.17) is 0 Å². The van der Waals surface area contributed by atoms with Gasteiger partial charge in [-0.25, -0.2) is 0 Å². The van der Waals surface area contributed by atoms with Crippen LogP contribution in [0.15, 0.2) is 0 Å². The molecule has 0 aromatic rings. The Morgan fingerprint density at radius 2 is 1.92 bits per heavy atom. The SMILES string of the molecule is CNCC(=O)NCC(C)C(C)(C)C. The zero-order valence-corrected chi connectivity index (χ0v) is 9.40. The van der Waals surface area contributed by atoms with Crippen molar-refractivity contribution >= 4 is 5.91 Å². The van der Waals surface area contributed by atoms with Gasteiger partial charge in [0.1, 0.15) is 0 Å². The van der Waals surface area contributed by atoms with E-state index >= 15 is 0 Å². The van der Waals surface area contributed by atoms with Gasteiger partial charge in [-0.15, -0.1) is 0 Å². The first kappa shape index (κ1) is 12.4. The van der Waals surface area contributed by atoms with Crippen LogP contribution in [0.5, 0.6) is 0 Å². The topological polar surface area (TPSA) is 41.1 Å². The summed E-state index contributed by atoms with van der Waals surface area (Å²) in [5, 5.41) is 5.71. The fourth-order valence-electron chi connectivity index (χ4n) is 0.796. The Bertz CT molecular complexity index is 161. The Morgan fingerprint density at radius 3 is 2.31 bits per heavy atom. The summed E-state index contributed by atoms with van der Waals surface area (Å²) >= 11 is 0. The van der Waals surface area contributed by atoms with Gasteiger partial charge in [-0.2, -0.15) is 0 Å². The maximum atomic E-state index is 11.1. The van der Waals surface area contributed by atoms with Crippen LogP contribution in [0.1, 0.15) is 27.7 Å².